The minimum Gasteiger partial charge on any atom is -0.378 e. The molecule has 3 nitrogen and oxygen atoms in total. The lowest BCUT2D eigenvalue weighted by atomic mass is 9.79. The summed E-state index contributed by atoms with van der Waals surface area (Å²) in [4.78, 5) is 0. The van der Waals surface area contributed by atoms with Gasteiger partial charge in [0.25, 0.3) is 0 Å². The zero-order valence-corrected chi connectivity index (χ0v) is 15.4. The van der Waals surface area contributed by atoms with Crippen molar-refractivity contribution in [2.75, 3.05) is 26.9 Å². The van der Waals surface area contributed by atoms with Crippen molar-refractivity contribution in [1.82, 2.24) is 5.32 Å². The van der Waals surface area contributed by atoms with Gasteiger partial charge in [-0.3, -0.25) is 0 Å². The highest BCUT2D eigenvalue weighted by Crippen LogP contribution is 2.44. The summed E-state index contributed by atoms with van der Waals surface area (Å²) in [6.07, 6.45) is 3.22. The second-order valence-corrected chi connectivity index (χ2v) is 9.38. The Kier molecular flexibility index (Phi) is 4.90. The Balaban J connectivity index is 1.80. The van der Waals surface area contributed by atoms with E-state index in [0.717, 1.165) is 39.1 Å². The fourth-order valence-electron chi connectivity index (χ4n) is 3.42. The zero-order valence-electron chi connectivity index (χ0n) is 11.5. The van der Waals surface area contributed by atoms with Crippen LogP contribution in [0.25, 0.3) is 0 Å². The maximum Gasteiger partial charge on any atom is 0.0940 e. The third-order valence-electron chi connectivity index (χ3n) is 4.40. The summed E-state index contributed by atoms with van der Waals surface area (Å²) in [6, 6.07) is 2.59. The van der Waals surface area contributed by atoms with E-state index in [-0.39, 0.29) is 5.60 Å². The summed E-state index contributed by atoms with van der Waals surface area (Å²) in [5.41, 5.74) is 1.32. The molecule has 3 atom stereocenters. The van der Waals surface area contributed by atoms with Crippen molar-refractivity contribution in [2.45, 2.75) is 30.9 Å². The highest BCUT2D eigenvalue weighted by molar-refractivity contribution is 9.12. The monoisotopic (exact) mass is 423 g/mol. The number of hydrogen-bond acceptors (Lipinski definition) is 4. The average molecular weight is 425 g/mol. The smallest absolute Gasteiger partial charge is 0.0940 e. The van der Waals surface area contributed by atoms with E-state index in [0.29, 0.717) is 12.0 Å². The van der Waals surface area contributed by atoms with Gasteiger partial charge in [-0.15, -0.1) is 11.3 Å². The zero-order chi connectivity index (χ0) is 14.2. The lowest BCUT2D eigenvalue weighted by Crippen LogP contribution is -2.43. The predicted molar refractivity (Wildman–Crippen MR) is 88.4 cm³/mol. The molecule has 2 aliphatic heterocycles. The van der Waals surface area contributed by atoms with Gasteiger partial charge in [0.1, 0.15) is 0 Å². The largest absolute Gasteiger partial charge is 0.378 e. The summed E-state index contributed by atoms with van der Waals surface area (Å²) in [6.45, 7) is 2.44. The summed E-state index contributed by atoms with van der Waals surface area (Å²) in [5, 5.41) is 3.51. The van der Waals surface area contributed by atoms with Crippen LogP contribution < -0.4 is 5.32 Å². The van der Waals surface area contributed by atoms with Crippen molar-refractivity contribution in [3.8, 4) is 0 Å². The van der Waals surface area contributed by atoms with E-state index in [2.05, 4.69) is 50.3 Å². The third kappa shape index (κ3) is 3.01. The maximum absolute atomic E-state index is 6.05. The summed E-state index contributed by atoms with van der Waals surface area (Å²) in [5.74, 6) is 0.591. The van der Waals surface area contributed by atoms with E-state index in [9.17, 15) is 0 Å². The Morgan fingerprint density at radius 2 is 2.30 bits per heavy atom. The van der Waals surface area contributed by atoms with Gasteiger partial charge >= 0.3 is 0 Å². The van der Waals surface area contributed by atoms with E-state index in [4.69, 9.17) is 9.47 Å². The fraction of sp³-hybridized carbons (Fsp3) is 0.714. The van der Waals surface area contributed by atoms with Crippen LogP contribution in [0.5, 0.6) is 0 Å². The first-order valence-corrected chi connectivity index (χ1v) is 9.37. The van der Waals surface area contributed by atoms with Gasteiger partial charge in [-0.05, 0) is 69.3 Å². The molecule has 1 N–H and O–H groups in total. The number of rotatable bonds is 3. The molecule has 2 fully saturated rings. The van der Waals surface area contributed by atoms with Gasteiger partial charge in [-0.1, -0.05) is 0 Å². The van der Waals surface area contributed by atoms with Crippen molar-refractivity contribution in [3.05, 3.63) is 19.2 Å². The first kappa shape index (κ1) is 15.4. The maximum atomic E-state index is 6.05. The second kappa shape index (κ2) is 6.34. The summed E-state index contributed by atoms with van der Waals surface area (Å²) in [7, 11) is 2.05. The van der Waals surface area contributed by atoms with Crippen LogP contribution in [0.3, 0.4) is 0 Å². The van der Waals surface area contributed by atoms with Crippen molar-refractivity contribution in [3.63, 3.8) is 0 Å². The molecule has 0 aliphatic carbocycles. The van der Waals surface area contributed by atoms with Gasteiger partial charge in [0.15, 0.2) is 0 Å². The molecular weight excluding hydrogens is 406 g/mol. The average Bonchev–Trinajstić information content (AvgIpc) is 2.99. The van der Waals surface area contributed by atoms with Gasteiger partial charge in [-0.2, -0.15) is 0 Å². The predicted octanol–water partition coefficient (Wildman–Crippen LogP) is 4.12. The molecule has 3 unspecified atom stereocenters. The molecule has 0 aromatic carbocycles. The molecule has 1 spiro atoms. The normalized spacial score (nSPS) is 31.9. The molecule has 0 bridgehead atoms. The number of hydrogen-bond donors (Lipinski definition) is 1. The summed E-state index contributed by atoms with van der Waals surface area (Å²) < 4.78 is 14.0. The second-order valence-electron chi connectivity index (χ2n) is 5.63. The molecule has 20 heavy (non-hydrogen) atoms. The number of ether oxygens (including phenoxy) is 2. The van der Waals surface area contributed by atoms with E-state index in [1.54, 1.807) is 11.3 Å². The van der Waals surface area contributed by atoms with Gasteiger partial charge in [0, 0.05) is 25.7 Å². The van der Waals surface area contributed by atoms with Crippen LogP contribution >= 0.6 is 43.2 Å². The SMILES string of the molecule is CNC(c1cc(Br)sc1Br)C1CCOC2(CCOC2)C1. The van der Waals surface area contributed by atoms with E-state index in [1.165, 1.54) is 13.1 Å². The highest BCUT2D eigenvalue weighted by Gasteiger charge is 2.43. The van der Waals surface area contributed by atoms with E-state index >= 15 is 0 Å². The Bertz CT molecular complexity index is 474. The molecule has 0 amide bonds. The van der Waals surface area contributed by atoms with Crippen molar-refractivity contribution in [1.29, 1.82) is 0 Å². The molecule has 2 saturated heterocycles. The van der Waals surface area contributed by atoms with Crippen molar-refractivity contribution in [2.24, 2.45) is 5.92 Å². The summed E-state index contributed by atoms with van der Waals surface area (Å²) >= 11 is 9.01. The molecular formula is C14H19Br2NO2S. The Hall–Kier alpha value is 0.540. The van der Waals surface area contributed by atoms with Crippen molar-refractivity contribution >= 4 is 43.2 Å². The van der Waals surface area contributed by atoms with Crippen LogP contribution in [-0.4, -0.2) is 32.5 Å². The minimum atomic E-state index is -0.0300. The molecule has 6 heteroatoms. The third-order valence-corrected chi connectivity index (χ3v) is 6.78. The van der Waals surface area contributed by atoms with Crippen LogP contribution in [-0.2, 0) is 9.47 Å². The molecule has 112 valence electrons. The van der Waals surface area contributed by atoms with E-state index in [1.807, 2.05) is 0 Å². The first-order valence-electron chi connectivity index (χ1n) is 6.97. The van der Waals surface area contributed by atoms with Gasteiger partial charge in [-0.25, -0.2) is 0 Å². The van der Waals surface area contributed by atoms with Crippen LogP contribution in [0, 0.1) is 5.92 Å². The number of halogens is 2. The molecule has 0 saturated carbocycles. The lowest BCUT2D eigenvalue weighted by molar-refractivity contribution is -0.103. The van der Waals surface area contributed by atoms with Crippen molar-refractivity contribution < 1.29 is 9.47 Å². The Morgan fingerprint density at radius 3 is 2.90 bits per heavy atom. The van der Waals surface area contributed by atoms with Gasteiger partial charge in [0.05, 0.1) is 19.8 Å². The first-order chi connectivity index (χ1) is 9.63. The fourth-order valence-corrected chi connectivity index (χ4v) is 6.35. The number of thiophene rings is 1. The topological polar surface area (TPSA) is 30.5 Å². The van der Waals surface area contributed by atoms with E-state index < -0.39 is 0 Å². The standard InChI is InChI=1S/C14H19Br2NO2S/c1-17-12(10-6-11(15)20-13(10)16)9-2-4-19-14(7-9)3-5-18-8-14/h6,9,12,17H,2-5,7-8H2,1H3. The Labute approximate surface area is 140 Å². The molecule has 2 aliphatic rings. The van der Waals surface area contributed by atoms with Gasteiger partial charge in [0.2, 0.25) is 0 Å². The molecule has 3 rings (SSSR count). The number of nitrogens with one attached hydrogen (secondary N) is 1. The van der Waals surface area contributed by atoms with Crippen LogP contribution in [0.4, 0.5) is 0 Å². The molecule has 1 aromatic rings. The molecule has 1 aromatic heterocycles. The van der Waals surface area contributed by atoms with Crippen LogP contribution in [0.1, 0.15) is 30.9 Å². The van der Waals surface area contributed by atoms with Crippen LogP contribution in [0.15, 0.2) is 13.6 Å². The highest BCUT2D eigenvalue weighted by atomic mass is 79.9. The Morgan fingerprint density at radius 1 is 1.45 bits per heavy atom. The molecule has 3 heterocycles. The lowest BCUT2D eigenvalue weighted by Gasteiger charge is -2.40. The molecule has 0 radical (unpaired) electrons. The quantitative estimate of drug-likeness (QED) is 0.791. The van der Waals surface area contributed by atoms with Gasteiger partial charge < -0.3 is 14.8 Å². The minimum absolute atomic E-state index is 0.0300. The van der Waals surface area contributed by atoms with Crippen LogP contribution in [0.2, 0.25) is 0 Å².